The molecule has 0 saturated heterocycles. The second-order valence-electron chi connectivity index (χ2n) is 3.65. The van der Waals surface area contributed by atoms with E-state index in [1.807, 2.05) is 13.8 Å². The first-order valence-corrected chi connectivity index (χ1v) is 6.38. The smallest absolute Gasteiger partial charge is 0.211 e. The van der Waals surface area contributed by atoms with Crippen molar-refractivity contribution >= 4 is 10.0 Å². The standard InChI is InChI=1S/C9H20N2O2S/c1-4-5-6-14(12,13)11-7-9(10)8(2)3/h4,8-9,11H,1,5-7,10H2,2-3H3. The molecule has 0 aromatic carbocycles. The zero-order valence-electron chi connectivity index (χ0n) is 8.86. The molecule has 0 aromatic rings. The molecule has 0 radical (unpaired) electrons. The summed E-state index contributed by atoms with van der Waals surface area (Å²) in [6.45, 7) is 7.70. The molecular formula is C9H20N2O2S. The van der Waals surface area contributed by atoms with Crippen LogP contribution in [0.2, 0.25) is 0 Å². The molecule has 4 nitrogen and oxygen atoms in total. The van der Waals surface area contributed by atoms with Gasteiger partial charge in [0.1, 0.15) is 0 Å². The molecule has 5 heteroatoms. The molecule has 0 aliphatic rings. The van der Waals surface area contributed by atoms with Gasteiger partial charge in [-0.2, -0.15) is 0 Å². The lowest BCUT2D eigenvalue weighted by Crippen LogP contribution is -2.41. The first-order chi connectivity index (χ1) is 6.39. The number of nitrogens with one attached hydrogen (secondary N) is 1. The van der Waals surface area contributed by atoms with Crippen LogP contribution in [-0.4, -0.2) is 26.8 Å². The molecule has 0 aliphatic heterocycles. The van der Waals surface area contributed by atoms with Crippen LogP contribution in [0.15, 0.2) is 12.7 Å². The van der Waals surface area contributed by atoms with Crippen LogP contribution in [-0.2, 0) is 10.0 Å². The Balaban J connectivity index is 3.93. The number of sulfonamides is 1. The molecule has 0 fully saturated rings. The maximum absolute atomic E-state index is 11.3. The Morgan fingerprint density at radius 1 is 1.50 bits per heavy atom. The molecule has 0 heterocycles. The highest BCUT2D eigenvalue weighted by Crippen LogP contribution is 1.98. The van der Waals surface area contributed by atoms with Crippen LogP contribution in [0.25, 0.3) is 0 Å². The molecule has 14 heavy (non-hydrogen) atoms. The predicted molar refractivity (Wildman–Crippen MR) is 59.4 cm³/mol. The summed E-state index contributed by atoms with van der Waals surface area (Å²) in [5, 5.41) is 0. The van der Waals surface area contributed by atoms with Crippen molar-refractivity contribution in [2.45, 2.75) is 26.3 Å². The third-order valence-electron chi connectivity index (χ3n) is 1.99. The lowest BCUT2D eigenvalue weighted by molar-refractivity contribution is 0.481. The average molecular weight is 220 g/mol. The van der Waals surface area contributed by atoms with Gasteiger partial charge >= 0.3 is 0 Å². The van der Waals surface area contributed by atoms with E-state index in [2.05, 4.69) is 11.3 Å². The second kappa shape index (κ2) is 6.16. The number of hydrogen-bond acceptors (Lipinski definition) is 3. The Morgan fingerprint density at radius 3 is 2.50 bits per heavy atom. The molecule has 0 saturated carbocycles. The third kappa shape index (κ3) is 6.12. The summed E-state index contributed by atoms with van der Waals surface area (Å²) in [6, 6.07) is -0.131. The Labute approximate surface area is 86.6 Å². The van der Waals surface area contributed by atoms with Crippen molar-refractivity contribution in [3.63, 3.8) is 0 Å². The zero-order chi connectivity index (χ0) is 11.2. The van der Waals surface area contributed by atoms with Crippen molar-refractivity contribution in [2.24, 2.45) is 11.7 Å². The van der Waals surface area contributed by atoms with E-state index in [-0.39, 0.29) is 17.7 Å². The summed E-state index contributed by atoms with van der Waals surface area (Å²) in [4.78, 5) is 0. The molecule has 0 rings (SSSR count). The van der Waals surface area contributed by atoms with Crippen molar-refractivity contribution in [2.75, 3.05) is 12.3 Å². The van der Waals surface area contributed by atoms with Gasteiger partial charge in [0.25, 0.3) is 0 Å². The van der Waals surface area contributed by atoms with E-state index >= 15 is 0 Å². The van der Waals surface area contributed by atoms with Crippen molar-refractivity contribution < 1.29 is 8.42 Å². The van der Waals surface area contributed by atoms with Gasteiger partial charge in [0, 0.05) is 12.6 Å². The summed E-state index contributed by atoms with van der Waals surface area (Å²) in [5.41, 5.74) is 5.71. The molecule has 3 N–H and O–H groups in total. The number of nitrogens with two attached hydrogens (primary N) is 1. The maximum Gasteiger partial charge on any atom is 0.211 e. The second-order valence-corrected chi connectivity index (χ2v) is 5.58. The molecular weight excluding hydrogens is 200 g/mol. The molecule has 0 aliphatic carbocycles. The van der Waals surface area contributed by atoms with Crippen molar-refractivity contribution in [1.82, 2.24) is 4.72 Å². The first kappa shape index (κ1) is 13.6. The van der Waals surface area contributed by atoms with E-state index in [0.29, 0.717) is 13.0 Å². The zero-order valence-corrected chi connectivity index (χ0v) is 9.68. The lowest BCUT2D eigenvalue weighted by Gasteiger charge is -2.15. The van der Waals surface area contributed by atoms with Gasteiger partial charge in [-0.25, -0.2) is 13.1 Å². The normalized spacial score (nSPS) is 14.3. The van der Waals surface area contributed by atoms with Crippen molar-refractivity contribution in [3.8, 4) is 0 Å². The van der Waals surface area contributed by atoms with Crippen LogP contribution in [0.3, 0.4) is 0 Å². The first-order valence-electron chi connectivity index (χ1n) is 4.73. The molecule has 0 spiro atoms. The Bertz CT molecular complexity index is 260. The minimum Gasteiger partial charge on any atom is -0.326 e. The monoisotopic (exact) mass is 220 g/mol. The Morgan fingerprint density at radius 2 is 2.07 bits per heavy atom. The van der Waals surface area contributed by atoms with Gasteiger partial charge in [0.15, 0.2) is 0 Å². The van der Waals surface area contributed by atoms with Gasteiger partial charge in [-0.05, 0) is 12.3 Å². The van der Waals surface area contributed by atoms with Gasteiger partial charge in [-0.1, -0.05) is 19.9 Å². The summed E-state index contributed by atoms with van der Waals surface area (Å²) in [5.74, 6) is 0.360. The van der Waals surface area contributed by atoms with Crippen molar-refractivity contribution in [1.29, 1.82) is 0 Å². The van der Waals surface area contributed by atoms with Crippen molar-refractivity contribution in [3.05, 3.63) is 12.7 Å². The summed E-state index contributed by atoms with van der Waals surface area (Å²) in [6.07, 6.45) is 2.05. The van der Waals surface area contributed by atoms with E-state index in [0.717, 1.165) is 0 Å². The highest BCUT2D eigenvalue weighted by molar-refractivity contribution is 7.89. The fraction of sp³-hybridized carbons (Fsp3) is 0.778. The van der Waals surface area contributed by atoms with Gasteiger partial charge < -0.3 is 5.73 Å². The van der Waals surface area contributed by atoms with Crippen LogP contribution in [0.1, 0.15) is 20.3 Å². The average Bonchev–Trinajstić information content (AvgIpc) is 2.11. The summed E-state index contributed by atoms with van der Waals surface area (Å²) >= 11 is 0. The van der Waals surface area contributed by atoms with E-state index in [1.54, 1.807) is 6.08 Å². The molecule has 0 bridgehead atoms. The quantitative estimate of drug-likeness (QED) is 0.612. The molecule has 0 amide bonds. The SMILES string of the molecule is C=CCCS(=O)(=O)NCC(N)C(C)C. The summed E-state index contributed by atoms with van der Waals surface area (Å²) < 4.78 is 25.1. The highest BCUT2D eigenvalue weighted by atomic mass is 32.2. The van der Waals surface area contributed by atoms with Crippen LogP contribution in [0, 0.1) is 5.92 Å². The summed E-state index contributed by atoms with van der Waals surface area (Å²) in [7, 11) is -3.17. The van der Waals surface area contributed by atoms with Gasteiger partial charge in [-0.15, -0.1) is 6.58 Å². The number of allylic oxidation sites excluding steroid dienone is 1. The molecule has 1 atom stereocenters. The van der Waals surface area contributed by atoms with Crippen LogP contribution in [0.5, 0.6) is 0 Å². The maximum atomic E-state index is 11.3. The van der Waals surface area contributed by atoms with Crippen LogP contribution in [0.4, 0.5) is 0 Å². The predicted octanol–water partition coefficient (Wildman–Crippen LogP) is 0.465. The van der Waals surface area contributed by atoms with E-state index in [4.69, 9.17) is 5.73 Å². The topological polar surface area (TPSA) is 72.2 Å². The largest absolute Gasteiger partial charge is 0.326 e. The third-order valence-corrected chi connectivity index (χ3v) is 3.37. The Hall–Kier alpha value is -0.390. The number of rotatable bonds is 7. The van der Waals surface area contributed by atoms with E-state index in [9.17, 15) is 8.42 Å². The van der Waals surface area contributed by atoms with Gasteiger partial charge in [-0.3, -0.25) is 0 Å². The lowest BCUT2D eigenvalue weighted by atomic mass is 10.1. The van der Waals surface area contributed by atoms with Crippen LogP contribution < -0.4 is 10.5 Å². The van der Waals surface area contributed by atoms with Gasteiger partial charge in [0.05, 0.1) is 5.75 Å². The molecule has 0 aromatic heterocycles. The Kier molecular flexibility index (Phi) is 5.99. The minimum atomic E-state index is -3.17. The van der Waals surface area contributed by atoms with Crippen LogP contribution >= 0.6 is 0 Å². The fourth-order valence-corrected chi connectivity index (χ4v) is 1.84. The van der Waals surface area contributed by atoms with E-state index < -0.39 is 10.0 Å². The van der Waals surface area contributed by atoms with E-state index in [1.165, 1.54) is 0 Å². The molecule has 84 valence electrons. The molecule has 1 unspecified atom stereocenters. The minimum absolute atomic E-state index is 0.0846. The van der Waals surface area contributed by atoms with Gasteiger partial charge in [0.2, 0.25) is 10.0 Å². The fourth-order valence-electron chi connectivity index (χ4n) is 0.770. The highest BCUT2D eigenvalue weighted by Gasteiger charge is 2.13. The number of hydrogen-bond donors (Lipinski definition) is 2.